The molecule has 134 valence electrons. The highest BCUT2D eigenvalue weighted by Crippen LogP contribution is 2.37. The summed E-state index contributed by atoms with van der Waals surface area (Å²) in [5, 5.41) is 10.5. The lowest BCUT2D eigenvalue weighted by Crippen LogP contribution is -2.47. The van der Waals surface area contributed by atoms with Crippen LogP contribution in [-0.2, 0) is 4.43 Å². The molecule has 1 heterocycles. The summed E-state index contributed by atoms with van der Waals surface area (Å²) in [4.78, 5) is 14.5. The van der Waals surface area contributed by atoms with Crippen molar-refractivity contribution in [1.29, 1.82) is 0 Å². The van der Waals surface area contributed by atoms with Gasteiger partial charge in [-0.15, -0.1) is 0 Å². The van der Waals surface area contributed by atoms with Gasteiger partial charge in [-0.25, -0.2) is 0 Å². The molecule has 1 saturated heterocycles. The summed E-state index contributed by atoms with van der Waals surface area (Å²) < 4.78 is 6.29. The lowest BCUT2D eigenvalue weighted by Gasteiger charge is -2.38. The van der Waals surface area contributed by atoms with Crippen molar-refractivity contribution in [2.24, 2.45) is 0 Å². The van der Waals surface area contributed by atoms with Gasteiger partial charge in [0, 0.05) is 12.1 Å². The lowest BCUT2D eigenvalue weighted by molar-refractivity contribution is 0.0673. The number of hydrogen-bond donors (Lipinski definition) is 1. The molecular formula is C19H31NO3Si. The molecule has 1 N–H and O–H groups in total. The maximum absolute atomic E-state index is 12.5. The van der Waals surface area contributed by atoms with Gasteiger partial charge < -0.3 is 9.53 Å². The first-order valence-corrected chi connectivity index (χ1v) is 11.7. The van der Waals surface area contributed by atoms with E-state index in [0.717, 1.165) is 12.1 Å². The Morgan fingerprint density at radius 3 is 2.50 bits per heavy atom. The third-order valence-electron chi connectivity index (χ3n) is 5.49. The average Bonchev–Trinajstić information content (AvgIpc) is 2.85. The molecule has 0 amide bonds. The van der Waals surface area contributed by atoms with Crippen molar-refractivity contribution in [2.75, 3.05) is 19.7 Å². The second-order valence-corrected chi connectivity index (χ2v) is 13.1. The van der Waals surface area contributed by atoms with E-state index < -0.39 is 14.4 Å². The Morgan fingerprint density at radius 2 is 1.92 bits per heavy atom. The molecule has 0 unspecified atom stereocenters. The van der Waals surface area contributed by atoms with E-state index in [1.165, 1.54) is 0 Å². The molecule has 24 heavy (non-hydrogen) atoms. The quantitative estimate of drug-likeness (QED) is 0.632. The van der Waals surface area contributed by atoms with Crippen LogP contribution in [-0.4, -0.2) is 55.9 Å². The van der Waals surface area contributed by atoms with E-state index in [0.29, 0.717) is 19.6 Å². The Hall–Kier alpha value is -1.01. The SMILES string of the molecule is CC(C)(C)[Si](C)(C)OC[C@@H]1[C@@H](O)CCN1CC(=O)c1ccccc1. The molecule has 0 aliphatic carbocycles. The molecule has 0 bridgehead atoms. The van der Waals surface area contributed by atoms with Crippen LogP contribution in [0, 0.1) is 0 Å². The lowest BCUT2D eigenvalue weighted by atomic mass is 10.1. The van der Waals surface area contributed by atoms with Crippen molar-refractivity contribution in [1.82, 2.24) is 4.90 Å². The van der Waals surface area contributed by atoms with Crippen LogP contribution in [0.3, 0.4) is 0 Å². The average molecular weight is 350 g/mol. The fourth-order valence-corrected chi connectivity index (χ4v) is 3.74. The van der Waals surface area contributed by atoms with Crippen LogP contribution >= 0.6 is 0 Å². The van der Waals surface area contributed by atoms with Crippen molar-refractivity contribution < 1.29 is 14.3 Å². The molecule has 1 aliphatic rings. The summed E-state index contributed by atoms with van der Waals surface area (Å²) >= 11 is 0. The fourth-order valence-electron chi connectivity index (χ4n) is 2.72. The summed E-state index contributed by atoms with van der Waals surface area (Å²) in [6.45, 7) is 12.6. The molecule has 1 aromatic carbocycles. The van der Waals surface area contributed by atoms with Crippen LogP contribution in [0.2, 0.25) is 18.1 Å². The van der Waals surface area contributed by atoms with Gasteiger partial charge >= 0.3 is 0 Å². The number of likely N-dealkylation sites (tertiary alicyclic amines) is 1. The predicted octanol–water partition coefficient (Wildman–Crippen LogP) is 3.33. The number of carbonyl (C=O) groups excluding carboxylic acids is 1. The van der Waals surface area contributed by atoms with Gasteiger partial charge in [0.05, 0.1) is 25.3 Å². The first-order chi connectivity index (χ1) is 11.1. The van der Waals surface area contributed by atoms with Gasteiger partial charge in [-0.3, -0.25) is 9.69 Å². The first-order valence-electron chi connectivity index (χ1n) is 8.76. The van der Waals surface area contributed by atoms with Crippen LogP contribution in [0.1, 0.15) is 37.6 Å². The number of Topliss-reactive ketones (excluding diaryl/α,β-unsaturated/α-hetero) is 1. The highest BCUT2D eigenvalue weighted by molar-refractivity contribution is 6.74. The van der Waals surface area contributed by atoms with E-state index >= 15 is 0 Å². The summed E-state index contributed by atoms with van der Waals surface area (Å²) in [6.07, 6.45) is 0.284. The third-order valence-corrected chi connectivity index (χ3v) is 9.99. The minimum absolute atomic E-state index is 0.0909. The van der Waals surface area contributed by atoms with Gasteiger partial charge in [0.15, 0.2) is 14.1 Å². The van der Waals surface area contributed by atoms with Crippen molar-refractivity contribution in [3.8, 4) is 0 Å². The molecule has 0 radical (unpaired) electrons. The van der Waals surface area contributed by atoms with Crippen LogP contribution in [0.4, 0.5) is 0 Å². The molecule has 5 heteroatoms. The smallest absolute Gasteiger partial charge is 0.192 e. The molecule has 0 spiro atoms. The molecular weight excluding hydrogens is 318 g/mol. The summed E-state index contributed by atoms with van der Waals surface area (Å²) in [7, 11) is -1.86. The van der Waals surface area contributed by atoms with Crippen LogP contribution in [0.15, 0.2) is 30.3 Å². The normalized spacial score (nSPS) is 22.8. The second-order valence-electron chi connectivity index (χ2n) is 8.25. The number of nitrogens with zero attached hydrogens (tertiary/aromatic N) is 1. The zero-order valence-corrected chi connectivity index (χ0v) is 16.6. The van der Waals surface area contributed by atoms with Gasteiger partial charge in [0.1, 0.15) is 0 Å². The van der Waals surface area contributed by atoms with E-state index in [1.807, 2.05) is 30.3 Å². The van der Waals surface area contributed by atoms with E-state index in [-0.39, 0.29) is 16.9 Å². The van der Waals surface area contributed by atoms with E-state index in [2.05, 4.69) is 38.8 Å². The van der Waals surface area contributed by atoms with Gasteiger partial charge in [0.2, 0.25) is 0 Å². The van der Waals surface area contributed by atoms with Crippen LogP contribution < -0.4 is 0 Å². The minimum Gasteiger partial charge on any atom is -0.415 e. The number of rotatable bonds is 6. The molecule has 2 rings (SSSR count). The largest absolute Gasteiger partial charge is 0.415 e. The summed E-state index contributed by atoms with van der Waals surface area (Å²) in [5.74, 6) is 0.0991. The molecule has 1 fully saturated rings. The van der Waals surface area contributed by atoms with Gasteiger partial charge in [-0.1, -0.05) is 51.1 Å². The van der Waals surface area contributed by atoms with E-state index in [1.54, 1.807) is 0 Å². The number of hydrogen-bond acceptors (Lipinski definition) is 4. The number of benzene rings is 1. The van der Waals surface area contributed by atoms with Gasteiger partial charge in [-0.05, 0) is 24.6 Å². The van der Waals surface area contributed by atoms with E-state index in [9.17, 15) is 9.90 Å². The monoisotopic (exact) mass is 349 g/mol. The Bertz CT molecular complexity index is 553. The Balaban J connectivity index is 1.99. The zero-order chi connectivity index (χ0) is 18.0. The maximum atomic E-state index is 12.5. The third kappa shape index (κ3) is 4.54. The zero-order valence-electron chi connectivity index (χ0n) is 15.6. The Kier molecular flexibility index (Phi) is 6.02. The van der Waals surface area contributed by atoms with Crippen molar-refractivity contribution >= 4 is 14.1 Å². The number of aliphatic hydroxyl groups is 1. The second kappa shape index (κ2) is 7.48. The van der Waals surface area contributed by atoms with Gasteiger partial charge in [0.25, 0.3) is 0 Å². The molecule has 0 saturated carbocycles. The highest BCUT2D eigenvalue weighted by Gasteiger charge is 2.40. The first kappa shape index (κ1) is 19.3. The molecule has 4 nitrogen and oxygen atoms in total. The van der Waals surface area contributed by atoms with Crippen LogP contribution in [0.25, 0.3) is 0 Å². The predicted molar refractivity (Wildman–Crippen MR) is 99.9 cm³/mol. The van der Waals surface area contributed by atoms with Crippen molar-refractivity contribution in [3.05, 3.63) is 35.9 Å². The van der Waals surface area contributed by atoms with Gasteiger partial charge in [-0.2, -0.15) is 0 Å². The molecule has 0 aromatic heterocycles. The number of carbonyl (C=O) groups is 1. The Morgan fingerprint density at radius 1 is 1.29 bits per heavy atom. The number of aliphatic hydroxyl groups excluding tert-OH is 1. The topological polar surface area (TPSA) is 49.8 Å². The fraction of sp³-hybridized carbons (Fsp3) is 0.632. The molecule has 2 atom stereocenters. The minimum atomic E-state index is -1.86. The van der Waals surface area contributed by atoms with E-state index in [4.69, 9.17) is 4.43 Å². The standard InChI is InChI=1S/C19H31NO3Si/c1-19(2,3)24(4,5)23-14-16-17(21)11-12-20(16)13-18(22)15-9-7-6-8-10-15/h6-10,16-17,21H,11-14H2,1-5H3/t16-,17+/m1/s1. The number of ketones is 1. The summed E-state index contributed by atoms with van der Waals surface area (Å²) in [6, 6.07) is 9.26. The highest BCUT2D eigenvalue weighted by atomic mass is 28.4. The maximum Gasteiger partial charge on any atom is 0.192 e. The molecule has 1 aliphatic heterocycles. The van der Waals surface area contributed by atoms with Crippen molar-refractivity contribution in [2.45, 2.75) is 57.5 Å². The molecule has 1 aromatic rings. The Labute approximate surface area is 147 Å². The summed E-state index contributed by atoms with van der Waals surface area (Å²) in [5.41, 5.74) is 0.725. The van der Waals surface area contributed by atoms with Crippen LogP contribution in [0.5, 0.6) is 0 Å². The van der Waals surface area contributed by atoms with Crippen molar-refractivity contribution in [3.63, 3.8) is 0 Å².